The van der Waals surface area contributed by atoms with Gasteiger partial charge in [-0.25, -0.2) is 0 Å². The van der Waals surface area contributed by atoms with Crippen LogP contribution < -0.4 is 10.1 Å². The van der Waals surface area contributed by atoms with Crippen molar-refractivity contribution in [2.45, 2.75) is 25.8 Å². The standard InChI is InChI=1S/C19H22N2O2S/c1-13-3-2-4-15(11-13)23-18-6-5-17(24-18)19(22)20-16-12-21-9-7-14(16)8-10-21/h2-6,11,14,16H,7-10,12H2,1H3,(H,20,22)/t16-/m0/s1. The molecule has 5 heteroatoms. The topological polar surface area (TPSA) is 41.6 Å². The van der Waals surface area contributed by atoms with Crippen molar-refractivity contribution in [1.82, 2.24) is 10.2 Å². The second-order valence-electron chi connectivity index (χ2n) is 6.76. The van der Waals surface area contributed by atoms with Crippen LogP contribution >= 0.6 is 11.3 Å². The summed E-state index contributed by atoms with van der Waals surface area (Å²) in [6, 6.07) is 12.0. The summed E-state index contributed by atoms with van der Waals surface area (Å²) in [5.41, 5.74) is 1.16. The largest absolute Gasteiger partial charge is 0.447 e. The van der Waals surface area contributed by atoms with Crippen LogP contribution in [0.3, 0.4) is 0 Å². The van der Waals surface area contributed by atoms with Gasteiger partial charge in [0, 0.05) is 12.6 Å². The van der Waals surface area contributed by atoms with Crippen molar-refractivity contribution < 1.29 is 9.53 Å². The van der Waals surface area contributed by atoms with Crippen LogP contribution in [0.25, 0.3) is 0 Å². The SMILES string of the molecule is Cc1cccc(Oc2ccc(C(=O)N[C@H]3CN4CCC3CC4)s2)c1. The molecule has 1 aromatic heterocycles. The number of hydrogen-bond acceptors (Lipinski definition) is 4. The fourth-order valence-electron chi connectivity index (χ4n) is 3.66. The molecule has 3 aliphatic heterocycles. The van der Waals surface area contributed by atoms with Crippen LogP contribution in [-0.2, 0) is 0 Å². The van der Waals surface area contributed by atoms with E-state index in [0.29, 0.717) is 16.8 Å². The number of benzene rings is 1. The molecular weight excluding hydrogens is 320 g/mol. The molecule has 0 spiro atoms. The van der Waals surface area contributed by atoms with Crippen molar-refractivity contribution in [1.29, 1.82) is 0 Å². The van der Waals surface area contributed by atoms with E-state index in [4.69, 9.17) is 4.74 Å². The maximum Gasteiger partial charge on any atom is 0.261 e. The quantitative estimate of drug-likeness (QED) is 0.922. The maximum absolute atomic E-state index is 12.5. The number of nitrogens with zero attached hydrogens (tertiary/aromatic N) is 1. The highest BCUT2D eigenvalue weighted by Crippen LogP contribution is 2.31. The Morgan fingerprint density at radius 3 is 2.79 bits per heavy atom. The zero-order valence-corrected chi connectivity index (χ0v) is 14.6. The number of nitrogens with one attached hydrogen (secondary N) is 1. The molecule has 1 atom stereocenters. The smallest absolute Gasteiger partial charge is 0.261 e. The summed E-state index contributed by atoms with van der Waals surface area (Å²) in [6.45, 7) is 5.40. The summed E-state index contributed by atoms with van der Waals surface area (Å²) in [6.07, 6.45) is 2.41. The van der Waals surface area contributed by atoms with Crippen LogP contribution in [0, 0.1) is 12.8 Å². The number of rotatable bonds is 4. The molecular formula is C19H22N2O2S. The highest BCUT2D eigenvalue weighted by Gasteiger charge is 2.35. The zero-order chi connectivity index (χ0) is 16.5. The fraction of sp³-hybridized carbons (Fsp3) is 0.421. The minimum Gasteiger partial charge on any atom is -0.447 e. The van der Waals surface area contributed by atoms with Crippen molar-refractivity contribution in [3.8, 4) is 10.8 Å². The van der Waals surface area contributed by atoms with Crippen LogP contribution in [0.1, 0.15) is 28.1 Å². The minimum absolute atomic E-state index is 0.0258. The zero-order valence-electron chi connectivity index (χ0n) is 13.8. The molecule has 126 valence electrons. The minimum atomic E-state index is 0.0258. The lowest BCUT2D eigenvalue weighted by molar-refractivity contribution is 0.0622. The van der Waals surface area contributed by atoms with Gasteiger partial charge in [0.25, 0.3) is 5.91 Å². The molecule has 1 N–H and O–H groups in total. The predicted molar refractivity (Wildman–Crippen MR) is 96.0 cm³/mol. The van der Waals surface area contributed by atoms with Crippen LogP contribution in [0.5, 0.6) is 10.8 Å². The van der Waals surface area contributed by atoms with E-state index >= 15 is 0 Å². The number of amides is 1. The average molecular weight is 342 g/mol. The van der Waals surface area contributed by atoms with Crippen molar-refractivity contribution in [3.05, 3.63) is 46.8 Å². The Labute approximate surface area is 146 Å². The van der Waals surface area contributed by atoms with Crippen LogP contribution in [-0.4, -0.2) is 36.5 Å². The third-order valence-electron chi connectivity index (χ3n) is 4.99. The summed E-state index contributed by atoms with van der Waals surface area (Å²) in [7, 11) is 0. The van der Waals surface area contributed by atoms with Crippen LogP contribution in [0.2, 0.25) is 0 Å². The fourth-order valence-corrected chi connectivity index (χ4v) is 4.44. The van der Waals surface area contributed by atoms with Crippen molar-refractivity contribution in [3.63, 3.8) is 0 Å². The Morgan fingerprint density at radius 2 is 2.08 bits per heavy atom. The molecule has 3 fully saturated rings. The highest BCUT2D eigenvalue weighted by molar-refractivity contribution is 7.15. The lowest BCUT2D eigenvalue weighted by Gasteiger charge is -2.44. The first-order chi connectivity index (χ1) is 11.7. The van der Waals surface area contributed by atoms with E-state index in [0.717, 1.165) is 22.9 Å². The van der Waals surface area contributed by atoms with Gasteiger partial charge < -0.3 is 15.0 Å². The third kappa shape index (κ3) is 3.32. The second-order valence-corrected chi connectivity index (χ2v) is 7.80. The molecule has 1 amide bonds. The number of carbonyl (C=O) groups is 1. The third-order valence-corrected chi connectivity index (χ3v) is 5.95. The second kappa shape index (κ2) is 6.57. The number of aryl methyl sites for hydroxylation is 1. The molecule has 0 saturated carbocycles. The van der Waals surface area contributed by atoms with Gasteiger partial charge in [-0.2, -0.15) is 0 Å². The van der Waals surface area contributed by atoms with Crippen molar-refractivity contribution in [2.24, 2.45) is 5.92 Å². The van der Waals surface area contributed by atoms with E-state index in [2.05, 4.69) is 10.2 Å². The molecule has 3 aliphatic rings. The molecule has 4 nitrogen and oxygen atoms in total. The van der Waals surface area contributed by atoms with Gasteiger partial charge in [0.2, 0.25) is 0 Å². The Bertz CT molecular complexity index is 734. The lowest BCUT2D eigenvalue weighted by Crippen LogP contribution is -2.57. The Balaban J connectivity index is 1.40. The number of piperidine rings is 3. The number of fused-ring (bicyclic) bond motifs is 3. The molecule has 0 aliphatic carbocycles. The normalized spacial score (nSPS) is 25.5. The van der Waals surface area contributed by atoms with Gasteiger partial charge in [-0.15, -0.1) is 0 Å². The van der Waals surface area contributed by atoms with Crippen molar-refractivity contribution in [2.75, 3.05) is 19.6 Å². The molecule has 0 radical (unpaired) electrons. The van der Waals surface area contributed by atoms with E-state index in [1.54, 1.807) is 0 Å². The molecule has 24 heavy (non-hydrogen) atoms. The van der Waals surface area contributed by atoms with Crippen LogP contribution in [0.4, 0.5) is 0 Å². The molecule has 0 unspecified atom stereocenters. The van der Waals surface area contributed by atoms with E-state index in [1.807, 2.05) is 43.3 Å². The Hall–Kier alpha value is -1.85. The van der Waals surface area contributed by atoms with E-state index in [1.165, 1.54) is 37.3 Å². The molecule has 3 saturated heterocycles. The summed E-state index contributed by atoms with van der Waals surface area (Å²) >= 11 is 1.40. The van der Waals surface area contributed by atoms with Gasteiger partial charge >= 0.3 is 0 Å². The van der Waals surface area contributed by atoms with Gasteiger partial charge in [-0.3, -0.25) is 4.79 Å². The summed E-state index contributed by atoms with van der Waals surface area (Å²) in [4.78, 5) is 15.7. The van der Waals surface area contributed by atoms with Gasteiger partial charge in [0.05, 0.1) is 4.88 Å². The van der Waals surface area contributed by atoms with E-state index < -0.39 is 0 Å². The van der Waals surface area contributed by atoms with Gasteiger partial charge in [0.1, 0.15) is 5.75 Å². The molecule has 2 bridgehead atoms. The monoisotopic (exact) mass is 342 g/mol. The molecule has 1 aromatic carbocycles. The number of ether oxygens (including phenoxy) is 1. The first kappa shape index (κ1) is 15.7. The molecule has 5 rings (SSSR count). The molecule has 4 heterocycles. The van der Waals surface area contributed by atoms with Crippen LogP contribution in [0.15, 0.2) is 36.4 Å². The highest BCUT2D eigenvalue weighted by atomic mass is 32.1. The molecule has 2 aromatic rings. The summed E-state index contributed by atoms with van der Waals surface area (Å²) < 4.78 is 5.86. The number of hydrogen-bond donors (Lipinski definition) is 1. The lowest BCUT2D eigenvalue weighted by atomic mass is 9.84. The van der Waals surface area contributed by atoms with E-state index in [-0.39, 0.29) is 5.91 Å². The number of carbonyl (C=O) groups excluding carboxylic acids is 1. The average Bonchev–Trinajstić information content (AvgIpc) is 3.05. The Kier molecular flexibility index (Phi) is 4.29. The van der Waals surface area contributed by atoms with Gasteiger partial charge in [-0.1, -0.05) is 23.5 Å². The van der Waals surface area contributed by atoms with Crippen molar-refractivity contribution >= 4 is 17.2 Å². The van der Waals surface area contributed by atoms with Gasteiger partial charge in [0.15, 0.2) is 5.06 Å². The number of thiophene rings is 1. The summed E-state index contributed by atoms with van der Waals surface area (Å²) in [5.74, 6) is 1.47. The Morgan fingerprint density at radius 1 is 1.25 bits per heavy atom. The van der Waals surface area contributed by atoms with E-state index in [9.17, 15) is 4.79 Å². The first-order valence-corrected chi connectivity index (χ1v) is 9.36. The first-order valence-electron chi connectivity index (χ1n) is 8.55. The predicted octanol–water partition coefficient (Wildman–Crippen LogP) is 3.67. The maximum atomic E-state index is 12.5. The summed E-state index contributed by atoms with van der Waals surface area (Å²) in [5, 5.41) is 3.98. The van der Waals surface area contributed by atoms with Gasteiger partial charge in [-0.05, 0) is 68.6 Å².